The van der Waals surface area contributed by atoms with Crippen LogP contribution in [0.4, 0.5) is 5.82 Å². The van der Waals surface area contributed by atoms with Gasteiger partial charge >= 0.3 is 0 Å². The molecule has 2 aromatic carbocycles. The van der Waals surface area contributed by atoms with Gasteiger partial charge in [-0.1, -0.05) is 47.1 Å². The smallest absolute Gasteiger partial charge is 0.223 e. The standard InChI is InChI=1S/C21H20N4O/c1-13-9-10-19-17(11-13)12-18(21-23-15(3)26-25-21)20(24-19)22-14(2)16-7-5-4-6-8-16/h4-12,14H,1-3H3,(H,22,24). The third-order valence-electron chi connectivity index (χ3n) is 4.39. The summed E-state index contributed by atoms with van der Waals surface area (Å²) in [7, 11) is 0. The number of hydrogen-bond donors (Lipinski definition) is 1. The van der Waals surface area contributed by atoms with Gasteiger partial charge in [-0.15, -0.1) is 0 Å². The number of fused-ring (bicyclic) bond motifs is 1. The van der Waals surface area contributed by atoms with E-state index in [9.17, 15) is 0 Å². The van der Waals surface area contributed by atoms with Crippen molar-refractivity contribution in [2.45, 2.75) is 26.8 Å². The highest BCUT2D eigenvalue weighted by molar-refractivity contribution is 5.88. The van der Waals surface area contributed by atoms with E-state index < -0.39 is 0 Å². The zero-order valence-corrected chi connectivity index (χ0v) is 15.0. The van der Waals surface area contributed by atoms with Crippen LogP contribution in [0.2, 0.25) is 0 Å². The molecule has 5 heteroatoms. The molecule has 1 N–H and O–H groups in total. The molecule has 26 heavy (non-hydrogen) atoms. The normalized spacial score (nSPS) is 12.3. The molecular weight excluding hydrogens is 324 g/mol. The monoisotopic (exact) mass is 344 g/mol. The third-order valence-corrected chi connectivity index (χ3v) is 4.39. The van der Waals surface area contributed by atoms with E-state index in [1.165, 1.54) is 11.1 Å². The average Bonchev–Trinajstić information content (AvgIpc) is 3.08. The summed E-state index contributed by atoms with van der Waals surface area (Å²) in [5, 5.41) is 8.65. The van der Waals surface area contributed by atoms with E-state index in [0.717, 1.165) is 22.3 Å². The van der Waals surface area contributed by atoms with E-state index in [1.807, 2.05) is 24.3 Å². The predicted molar refractivity (Wildman–Crippen MR) is 103 cm³/mol. The highest BCUT2D eigenvalue weighted by atomic mass is 16.5. The molecule has 0 amide bonds. The lowest BCUT2D eigenvalue weighted by atomic mass is 10.1. The van der Waals surface area contributed by atoms with Gasteiger partial charge in [-0.3, -0.25) is 0 Å². The number of aromatic nitrogens is 3. The average molecular weight is 344 g/mol. The van der Waals surface area contributed by atoms with E-state index in [0.29, 0.717) is 11.7 Å². The summed E-state index contributed by atoms with van der Waals surface area (Å²) in [5.41, 5.74) is 4.14. The molecule has 0 bridgehead atoms. The molecule has 0 aliphatic carbocycles. The minimum atomic E-state index is 0.0957. The van der Waals surface area contributed by atoms with Gasteiger partial charge in [-0.25, -0.2) is 4.98 Å². The quantitative estimate of drug-likeness (QED) is 0.559. The number of nitrogens with one attached hydrogen (secondary N) is 1. The van der Waals surface area contributed by atoms with Crippen molar-refractivity contribution in [3.05, 3.63) is 71.6 Å². The maximum Gasteiger partial charge on any atom is 0.223 e. The Morgan fingerprint density at radius 2 is 1.77 bits per heavy atom. The predicted octanol–water partition coefficient (Wildman–Crippen LogP) is 5.07. The Morgan fingerprint density at radius 1 is 0.962 bits per heavy atom. The van der Waals surface area contributed by atoms with Crippen LogP contribution in [0.15, 0.2) is 59.1 Å². The van der Waals surface area contributed by atoms with E-state index >= 15 is 0 Å². The Kier molecular flexibility index (Phi) is 4.13. The van der Waals surface area contributed by atoms with Crippen LogP contribution in [-0.2, 0) is 0 Å². The van der Waals surface area contributed by atoms with Crippen molar-refractivity contribution in [3.8, 4) is 11.4 Å². The summed E-state index contributed by atoms with van der Waals surface area (Å²) < 4.78 is 5.18. The van der Waals surface area contributed by atoms with Crippen molar-refractivity contribution in [1.29, 1.82) is 0 Å². The molecule has 1 atom stereocenters. The summed E-state index contributed by atoms with van der Waals surface area (Å²) in [5.74, 6) is 1.83. The van der Waals surface area contributed by atoms with Gasteiger partial charge in [-0.2, -0.15) is 4.98 Å². The highest BCUT2D eigenvalue weighted by Crippen LogP contribution is 2.31. The van der Waals surface area contributed by atoms with Gasteiger partial charge in [-0.05, 0) is 37.6 Å². The second-order valence-corrected chi connectivity index (χ2v) is 6.49. The molecule has 2 heterocycles. The number of aryl methyl sites for hydroxylation is 2. The second kappa shape index (κ2) is 6.59. The summed E-state index contributed by atoms with van der Waals surface area (Å²) in [6.07, 6.45) is 0. The van der Waals surface area contributed by atoms with Crippen LogP contribution in [0.1, 0.15) is 30.0 Å². The van der Waals surface area contributed by atoms with Crippen molar-refractivity contribution < 1.29 is 4.52 Å². The Hall–Kier alpha value is -3.21. The number of hydrogen-bond acceptors (Lipinski definition) is 5. The van der Waals surface area contributed by atoms with Crippen LogP contribution in [0.3, 0.4) is 0 Å². The fraction of sp³-hybridized carbons (Fsp3) is 0.190. The first kappa shape index (κ1) is 16.3. The van der Waals surface area contributed by atoms with Gasteiger partial charge in [0.05, 0.1) is 11.1 Å². The summed E-state index contributed by atoms with van der Waals surface area (Å²) >= 11 is 0. The number of anilines is 1. The fourth-order valence-corrected chi connectivity index (χ4v) is 3.02. The van der Waals surface area contributed by atoms with Gasteiger partial charge in [0.25, 0.3) is 0 Å². The van der Waals surface area contributed by atoms with Crippen LogP contribution >= 0.6 is 0 Å². The van der Waals surface area contributed by atoms with Crippen LogP contribution in [0, 0.1) is 13.8 Å². The molecule has 0 saturated carbocycles. The zero-order valence-electron chi connectivity index (χ0n) is 15.0. The van der Waals surface area contributed by atoms with Crippen LogP contribution in [0.25, 0.3) is 22.3 Å². The molecular formula is C21H20N4O. The van der Waals surface area contributed by atoms with Gasteiger partial charge in [0, 0.05) is 18.4 Å². The van der Waals surface area contributed by atoms with Crippen LogP contribution in [0.5, 0.6) is 0 Å². The second-order valence-electron chi connectivity index (χ2n) is 6.49. The Labute approximate surface area is 152 Å². The molecule has 2 aromatic heterocycles. The Balaban J connectivity index is 1.82. The minimum absolute atomic E-state index is 0.0957. The lowest BCUT2D eigenvalue weighted by molar-refractivity contribution is 0.394. The van der Waals surface area contributed by atoms with Gasteiger partial charge in [0.15, 0.2) is 0 Å². The molecule has 0 radical (unpaired) electrons. The largest absolute Gasteiger partial charge is 0.363 e. The molecule has 1 unspecified atom stereocenters. The molecule has 0 aliphatic heterocycles. The molecule has 0 spiro atoms. The molecule has 5 nitrogen and oxygen atoms in total. The fourth-order valence-electron chi connectivity index (χ4n) is 3.02. The van der Waals surface area contributed by atoms with Crippen LogP contribution in [-0.4, -0.2) is 15.1 Å². The van der Waals surface area contributed by atoms with Gasteiger partial charge in [0.1, 0.15) is 5.82 Å². The maximum absolute atomic E-state index is 5.18. The zero-order chi connectivity index (χ0) is 18.1. The first-order chi connectivity index (χ1) is 12.6. The number of pyridine rings is 1. The first-order valence-electron chi connectivity index (χ1n) is 8.64. The topological polar surface area (TPSA) is 63.8 Å². The third kappa shape index (κ3) is 3.16. The molecule has 4 rings (SSSR count). The summed E-state index contributed by atoms with van der Waals surface area (Å²) in [6, 6.07) is 18.7. The van der Waals surface area contributed by atoms with Crippen molar-refractivity contribution in [3.63, 3.8) is 0 Å². The summed E-state index contributed by atoms with van der Waals surface area (Å²) in [6.45, 7) is 5.97. The van der Waals surface area contributed by atoms with Crippen molar-refractivity contribution >= 4 is 16.7 Å². The minimum Gasteiger partial charge on any atom is -0.363 e. The lowest BCUT2D eigenvalue weighted by Crippen LogP contribution is -2.09. The number of nitrogens with zero attached hydrogens (tertiary/aromatic N) is 3. The molecule has 0 aliphatic rings. The lowest BCUT2D eigenvalue weighted by Gasteiger charge is -2.17. The SMILES string of the molecule is Cc1ccc2nc(NC(C)c3ccccc3)c(-c3noc(C)n3)cc2c1. The van der Waals surface area contributed by atoms with Crippen molar-refractivity contribution in [1.82, 2.24) is 15.1 Å². The van der Waals surface area contributed by atoms with E-state index in [1.54, 1.807) is 6.92 Å². The van der Waals surface area contributed by atoms with Gasteiger partial charge in [0.2, 0.25) is 11.7 Å². The molecule has 0 saturated heterocycles. The summed E-state index contributed by atoms with van der Waals surface area (Å²) in [4.78, 5) is 9.23. The first-order valence-corrected chi connectivity index (χ1v) is 8.64. The van der Waals surface area contributed by atoms with Crippen LogP contribution < -0.4 is 5.32 Å². The maximum atomic E-state index is 5.18. The molecule has 4 aromatic rings. The molecule has 130 valence electrons. The number of benzene rings is 2. The Morgan fingerprint density at radius 3 is 2.50 bits per heavy atom. The van der Waals surface area contributed by atoms with Gasteiger partial charge < -0.3 is 9.84 Å². The Bertz CT molecular complexity index is 1060. The van der Waals surface area contributed by atoms with E-state index in [4.69, 9.17) is 9.51 Å². The molecule has 0 fully saturated rings. The van der Waals surface area contributed by atoms with Crippen molar-refractivity contribution in [2.24, 2.45) is 0 Å². The van der Waals surface area contributed by atoms with Crippen molar-refractivity contribution in [2.75, 3.05) is 5.32 Å². The van der Waals surface area contributed by atoms with E-state index in [2.05, 4.69) is 59.6 Å². The number of rotatable bonds is 4. The van der Waals surface area contributed by atoms with E-state index in [-0.39, 0.29) is 6.04 Å². The highest BCUT2D eigenvalue weighted by Gasteiger charge is 2.16.